The van der Waals surface area contributed by atoms with Gasteiger partial charge in [-0.25, -0.2) is 0 Å². The minimum absolute atomic E-state index is 0.0513. The van der Waals surface area contributed by atoms with Gasteiger partial charge < -0.3 is 14.4 Å². The van der Waals surface area contributed by atoms with Crippen LogP contribution in [-0.4, -0.2) is 21.7 Å². The molecule has 1 atom stereocenters. The molecule has 1 fully saturated rings. The third-order valence-corrected chi connectivity index (χ3v) is 5.45. The summed E-state index contributed by atoms with van der Waals surface area (Å²) < 4.78 is 5.51. The van der Waals surface area contributed by atoms with E-state index in [-0.39, 0.29) is 17.9 Å². The fraction of sp³-hybridized carbons (Fsp3) is 0.143. The lowest BCUT2D eigenvalue weighted by Crippen LogP contribution is -2.28. The Bertz CT molecular complexity index is 1000. The summed E-state index contributed by atoms with van der Waals surface area (Å²) in [5, 5.41) is 12.8. The molecule has 1 saturated heterocycles. The maximum absolute atomic E-state index is 12.8. The van der Waals surface area contributed by atoms with E-state index in [2.05, 4.69) is 0 Å². The van der Waals surface area contributed by atoms with Crippen LogP contribution in [0.2, 0.25) is 0 Å². The molecule has 5 nitrogen and oxygen atoms in total. The number of furan rings is 1. The molecule has 27 heavy (non-hydrogen) atoms. The van der Waals surface area contributed by atoms with E-state index in [1.165, 1.54) is 22.5 Å². The summed E-state index contributed by atoms with van der Waals surface area (Å²) >= 11 is 1.51. The van der Waals surface area contributed by atoms with Gasteiger partial charge in [-0.15, -0.1) is 11.3 Å². The molecular weight excluding hydrogens is 362 g/mol. The van der Waals surface area contributed by atoms with Crippen molar-refractivity contribution in [3.05, 3.63) is 87.5 Å². The van der Waals surface area contributed by atoms with Crippen LogP contribution in [0.5, 0.6) is 0 Å². The molecule has 6 heteroatoms. The van der Waals surface area contributed by atoms with Gasteiger partial charge in [-0.05, 0) is 30.5 Å². The number of benzene rings is 1. The Morgan fingerprint density at radius 2 is 1.93 bits per heavy atom. The first-order valence-corrected chi connectivity index (χ1v) is 9.35. The van der Waals surface area contributed by atoms with Crippen LogP contribution >= 0.6 is 11.3 Å². The second-order valence-corrected chi connectivity index (χ2v) is 7.42. The molecule has 0 spiro atoms. The van der Waals surface area contributed by atoms with Gasteiger partial charge in [-0.2, -0.15) is 0 Å². The highest BCUT2D eigenvalue weighted by Gasteiger charge is 2.47. The number of hydrogen-bond donors (Lipinski definition) is 1. The summed E-state index contributed by atoms with van der Waals surface area (Å²) in [4.78, 5) is 27.9. The third kappa shape index (κ3) is 3.08. The number of amides is 1. The number of carbonyl (C=O) groups is 2. The van der Waals surface area contributed by atoms with Gasteiger partial charge in [0.2, 0.25) is 0 Å². The Morgan fingerprint density at radius 3 is 2.56 bits per heavy atom. The summed E-state index contributed by atoms with van der Waals surface area (Å²) in [6.07, 6.45) is 1.49. The molecule has 0 aliphatic carbocycles. The number of likely N-dealkylation sites (tertiary alicyclic amines) is 1. The topological polar surface area (TPSA) is 70.8 Å². The molecule has 1 aliphatic rings. The number of rotatable bonds is 4. The third-order valence-electron chi connectivity index (χ3n) is 4.58. The molecule has 1 aliphatic heterocycles. The van der Waals surface area contributed by atoms with Crippen molar-refractivity contribution < 1.29 is 19.1 Å². The first kappa shape index (κ1) is 17.3. The zero-order valence-corrected chi connectivity index (χ0v) is 15.4. The maximum atomic E-state index is 12.8. The maximum Gasteiger partial charge on any atom is 0.296 e. The largest absolute Gasteiger partial charge is 0.507 e. The number of carbonyl (C=O) groups excluding carboxylic acids is 2. The van der Waals surface area contributed by atoms with Crippen LogP contribution < -0.4 is 0 Å². The van der Waals surface area contributed by atoms with Gasteiger partial charge in [0, 0.05) is 10.4 Å². The standard InChI is InChI=1S/C21H17NO4S/c1-13-6-8-14(9-7-13)19(23)17-18(16-5-2-10-26-16)22(21(25)20(17)24)12-15-4-3-11-27-15/h2-11,18,23H,12H2,1H3/b19-17+. The minimum atomic E-state index is -0.761. The zero-order valence-electron chi connectivity index (χ0n) is 14.6. The number of aliphatic hydroxyl groups is 1. The highest BCUT2D eigenvalue weighted by molar-refractivity contribution is 7.09. The van der Waals surface area contributed by atoms with Crippen molar-refractivity contribution in [2.45, 2.75) is 19.5 Å². The Balaban J connectivity index is 1.83. The first-order chi connectivity index (χ1) is 13.1. The summed E-state index contributed by atoms with van der Waals surface area (Å²) in [6, 6.07) is 13.6. The van der Waals surface area contributed by atoms with Gasteiger partial charge in [0.25, 0.3) is 11.7 Å². The van der Waals surface area contributed by atoms with E-state index in [0.29, 0.717) is 11.3 Å². The van der Waals surface area contributed by atoms with Gasteiger partial charge >= 0.3 is 0 Å². The first-order valence-electron chi connectivity index (χ1n) is 8.47. The molecule has 1 amide bonds. The normalized spacial score (nSPS) is 19.0. The van der Waals surface area contributed by atoms with Crippen LogP contribution in [0.25, 0.3) is 5.76 Å². The van der Waals surface area contributed by atoms with Crippen molar-refractivity contribution in [2.75, 3.05) is 0 Å². The van der Waals surface area contributed by atoms with E-state index in [0.717, 1.165) is 10.4 Å². The van der Waals surface area contributed by atoms with Crippen LogP contribution in [-0.2, 0) is 16.1 Å². The molecular formula is C21H17NO4S. The number of aryl methyl sites for hydroxylation is 1. The van der Waals surface area contributed by atoms with Gasteiger partial charge in [0.05, 0.1) is 18.4 Å². The Hall–Kier alpha value is -3.12. The number of nitrogens with zero attached hydrogens (tertiary/aromatic N) is 1. The van der Waals surface area contributed by atoms with Crippen molar-refractivity contribution in [3.63, 3.8) is 0 Å². The fourth-order valence-electron chi connectivity index (χ4n) is 3.22. The van der Waals surface area contributed by atoms with Gasteiger partial charge in [-0.1, -0.05) is 35.9 Å². The molecule has 136 valence electrons. The quantitative estimate of drug-likeness (QED) is 0.417. The molecule has 0 saturated carbocycles. The lowest BCUT2D eigenvalue weighted by molar-refractivity contribution is -0.140. The van der Waals surface area contributed by atoms with Crippen molar-refractivity contribution in [3.8, 4) is 0 Å². The van der Waals surface area contributed by atoms with E-state index >= 15 is 0 Å². The van der Waals surface area contributed by atoms with Crippen molar-refractivity contribution in [2.24, 2.45) is 0 Å². The van der Waals surface area contributed by atoms with Gasteiger partial charge in [-0.3, -0.25) is 9.59 Å². The Morgan fingerprint density at radius 1 is 1.15 bits per heavy atom. The van der Waals surface area contributed by atoms with Crippen LogP contribution in [0.4, 0.5) is 0 Å². The SMILES string of the molecule is Cc1ccc(/C(O)=C2\C(=O)C(=O)N(Cc3cccs3)C2c2ccco2)cc1. The lowest BCUT2D eigenvalue weighted by atomic mass is 9.99. The lowest BCUT2D eigenvalue weighted by Gasteiger charge is -2.22. The highest BCUT2D eigenvalue weighted by atomic mass is 32.1. The van der Waals surface area contributed by atoms with Crippen LogP contribution in [0.15, 0.2) is 70.2 Å². The number of aliphatic hydroxyl groups excluding tert-OH is 1. The van der Waals surface area contributed by atoms with Crippen LogP contribution in [0.3, 0.4) is 0 Å². The minimum Gasteiger partial charge on any atom is -0.507 e. The highest BCUT2D eigenvalue weighted by Crippen LogP contribution is 2.40. The number of Topliss-reactive ketones (excluding diaryl/α,β-unsaturated/α-hetero) is 1. The van der Waals surface area contributed by atoms with Crippen molar-refractivity contribution in [1.29, 1.82) is 0 Å². The van der Waals surface area contributed by atoms with E-state index in [1.807, 2.05) is 36.6 Å². The smallest absolute Gasteiger partial charge is 0.296 e. The molecule has 4 rings (SSSR count). The molecule has 3 aromatic rings. The molecule has 1 aromatic carbocycles. The molecule has 2 aromatic heterocycles. The zero-order chi connectivity index (χ0) is 19.0. The number of ketones is 1. The van der Waals surface area contributed by atoms with Crippen LogP contribution in [0, 0.1) is 6.92 Å². The molecule has 1 N–H and O–H groups in total. The number of hydrogen-bond acceptors (Lipinski definition) is 5. The van der Waals surface area contributed by atoms with Gasteiger partial charge in [0.1, 0.15) is 17.6 Å². The van der Waals surface area contributed by atoms with E-state index in [9.17, 15) is 14.7 Å². The van der Waals surface area contributed by atoms with E-state index in [4.69, 9.17) is 4.42 Å². The number of thiophene rings is 1. The van der Waals surface area contributed by atoms with Crippen molar-refractivity contribution in [1.82, 2.24) is 4.90 Å². The second kappa shape index (κ2) is 6.89. The summed E-state index contributed by atoms with van der Waals surface area (Å²) in [5.41, 5.74) is 1.58. The summed E-state index contributed by atoms with van der Waals surface area (Å²) in [5.74, 6) is -1.09. The monoisotopic (exact) mass is 379 g/mol. The summed E-state index contributed by atoms with van der Waals surface area (Å²) in [7, 11) is 0. The molecule has 3 heterocycles. The second-order valence-electron chi connectivity index (χ2n) is 6.39. The molecule has 0 radical (unpaired) electrons. The fourth-order valence-corrected chi connectivity index (χ4v) is 3.93. The molecule has 0 bridgehead atoms. The van der Waals surface area contributed by atoms with E-state index in [1.54, 1.807) is 24.3 Å². The average Bonchev–Trinajstić information content (AvgIpc) is 3.40. The Labute approximate surface area is 160 Å². The van der Waals surface area contributed by atoms with E-state index < -0.39 is 17.7 Å². The predicted octanol–water partition coefficient (Wildman–Crippen LogP) is 4.27. The summed E-state index contributed by atoms with van der Waals surface area (Å²) in [6.45, 7) is 2.21. The average molecular weight is 379 g/mol. The molecule has 1 unspecified atom stereocenters. The van der Waals surface area contributed by atoms with Gasteiger partial charge in [0.15, 0.2) is 0 Å². The van der Waals surface area contributed by atoms with Crippen molar-refractivity contribution >= 4 is 28.8 Å². The van der Waals surface area contributed by atoms with Crippen LogP contribution in [0.1, 0.15) is 27.8 Å². The Kier molecular flexibility index (Phi) is 4.41. The predicted molar refractivity (Wildman–Crippen MR) is 102 cm³/mol.